The van der Waals surface area contributed by atoms with Gasteiger partial charge in [0.05, 0.1) is 22.9 Å². The lowest BCUT2D eigenvalue weighted by atomic mass is 10.2. The number of nitrogens with zero attached hydrogens (tertiary/aromatic N) is 1. The Hall–Kier alpha value is -1.92. The van der Waals surface area contributed by atoms with E-state index in [9.17, 15) is 13.5 Å². The van der Waals surface area contributed by atoms with Gasteiger partial charge in [-0.1, -0.05) is 18.2 Å². The molecule has 0 saturated carbocycles. The molecule has 6 heteroatoms. The summed E-state index contributed by atoms with van der Waals surface area (Å²) < 4.78 is 27.0. The molecule has 1 heterocycles. The zero-order valence-corrected chi connectivity index (χ0v) is 11.2. The Morgan fingerprint density at radius 1 is 1.21 bits per heavy atom. The number of hydrogen-bond donors (Lipinski definition) is 2. The number of rotatable bonds is 4. The first-order chi connectivity index (χ1) is 9.04. The van der Waals surface area contributed by atoms with E-state index in [4.69, 9.17) is 0 Å². The van der Waals surface area contributed by atoms with Gasteiger partial charge in [0.15, 0.2) is 0 Å². The highest BCUT2D eigenvalue weighted by Gasteiger charge is 2.18. The number of nitrogens with one attached hydrogen (secondary N) is 1. The first-order valence-electron chi connectivity index (χ1n) is 5.68. The number of sulfonamides is 1. The molecule has 0 saturated heterocycles. The lowest BCUT2D eigenvalue weighted by Gasteiger charge is -2.12. The van der Waals surface area contributed by atoms with Crippen molar-refractivity contribution in [3.63, 3.8) is 0 Å². The second-order valence-electron chi connectivity index (χ2n) is 4.01. The van der Waals surface area contributed by atoms with Crippen molar-refractivity contribution in [2.45, 2.75) is 18.4 Å². The van der Waals surface area contributed by atoms with Gasteiger partial charge < -0.3 is 5.11 Å². The fourth-order valence-electron chi connectivity index (χ4n) is 1.69. The Kier molecular flexibility index (Phi) is 3.82. The molecule has 0 atom stereocenters. The number of aryl methyl sites for hydroxylation is 1. The van der Waals surface area contributed by atoms with Crippen molar-refractivity contribution in [3.05, 3.63) is 53.9 Å². The van der Waals surface area contributed by atoms with E-state index in [-0.39, 0.29) is 11.5 Å². The van der Waals surface area contributed by atoms with E-state index < -0.39 is 10.0 Å². The van der Waals surface area contributed by atoms with E-state index in [0.29, 0.717) is 16.9 Å². The molecule has 0 spiro atoms. The summed E-state index contributed by atoms with van der Waals surface area (Å²) in [5, 5.41) is 9.20. The molecular weight excluding hydrogens is 264 g/mol. The molecule has 0 fully saturated rings. The molecule has 2 aromatic rings. The first-order valence-corrected chi connectivity index (χ1v) is 7.16. The van der Waals surface area contributed by atoms with Gasteiger partial charge in [-0.05, 0) is 30.7 Å². The summed E-state index contributed by atoms with van der Waals surface area (Å²) in [5.74, 6) is 0. The molecule has 0 radical (unpaired) electrons. The molecule has 0 aliphatic rings. The lowest BCUT2D eigenvalue weighted by molar-refractivity contribution is 0.278. The monoisotopic (exact) mass is 278 g/mol. The second-order valence-corrected chi connectivity index (χ2v) is 5.66. The molecule has 1 aromatic heterocycles. The molecule has 5 nitrogen and oxygen atoms in total. The van der Waals surface area contributed by atoms with Gasteiger partial charge in [0, 0.05) is 6.20 Å². The normalized spacial score (nSPS) is 11.3. The lowest BCUT2D eigenvalue weighted by Crippen LogP contribution is -2.16. The zero-order valence-electron chi connectivity index (χ0n) is 10.4. The van der Waals surface area contributed by atoms with Crippen molar-refractivity contribution in [1.82, 2.24) is 4.98 Å². The summed E-state index contributed by atoms with van der Waals surface area (Å²) in [5.41, 5.74) is 1.37. The topological polar surface area (TPSA) is 79.3 Å². The minimum Gasteiger partial charge on any atom is -0.392 e. The van der Waals surface area contributed by atoms with Crippen molar-refractivity contribution in [2.24, 2.45) is 0 Å². The van der Waals surface area contributed by atoms with Crippen molar-refractivity contribution < 1.29 is 13.5 Å². The largest absolute Gasteiger partial charge is 0.392 e. The summed E-state index contributed by atoms with van der Waals surface area (Å²) in [4.78, 5) is 4.09. The number of anilines is 1. The van der Waals surface area contributed by atoms with Crippen molar-refractivity contribution >= 4 is 15.7 Å². The third-order valence-electron chi connectivity index (χ3n) is 2.68. The number of benzene rings is 1. The average molecular weight is 278 g/mol. The molecule has 0 unspecified atom stereocenters. The highest BCUT2D eigenvalue weighted by molar-refractivity contribution is 7.92. The van der Waals surface area contributed by atoms with Crippen LogP contribution < -0.4 is 4.72 Å². The van der Waals surface area contributed by atoms with Crippen molar-refractivity contribution in [2.75, 3.05) is 4.72 Å². The molecule has 100 valence electrons. The molecule has 0 aliphatic heterocycles. The molecule has 2 N–H and O–H groups in total. The fraction of sp³-hybridized carbons (Fsp3) is 0.154. The summed E-state index contributed by atoms with van der Waals surface area (Å²) in [6.45, 7) is 1.39. The Bertz CT molecular complexity index is 684. The van der Waals surface area contributed by atoms with Crippen LogP contribution in [0, 0.1) is 6.92 Å². The first kappa shape index (κ1) is 13.5. The van der Waals surface area contributed by atoms with Crippen LogP contribution in [-0.2, 0) is 16.6 Å². The maximum Gasteiger partial charge on any atom is 0.262 e. The molecule has 2 rings (SSSR count). The van der Waals surface area contributed by atoms with Crippen LogP contribution in [-0.4, -0.2) is 18.5 Å². The Morgan fingerprint density at radius 3 is 2.63 bits per heavy atom. The van der Waals surface area contributed by atoms with E-state index in [1.165, 1.54) is 6.07 Å². The average Bonchev–Trinajstić information content (AvgIpc) is 2.41. The van der Waals surface area contributed by atoms with E-state index in [0.717, 1.165) is 0 Å². The summed E-state index contributed by atoms with van der Waals surface area (Å²) in [7, 11) is -3.73. The Labute approximate surface area is 112 Å². The maximum atomic E-state index is 12.3. The highest BCUT2D eigenvalue weighted by Crippen LogP contribution is 2.20. The highest BCUT2D eigenvalue weighted by atomic mass is 32.2. The molecule has 19 heavy (non-hydrogen) atoms. The quantitative estimate of drug-likeness (QED) is 0.892. The number of aromatic nitrogens is 1. The van der Waals surface area contributed by atoms with Crippen LogP contribution in [0.3, 0.4) is 0 Å². The van der Waals surface area contributed by atoms with Gasteiger partial charge in [0.25, 0.3) is 10.0 Å². The minimum absolute atomic E-state index is 0.0701. The van der Waals surface area contributed by atoms with Gasteiger partial charge in [0.1, 0.15) is 0 Å². The molecule has 0 aliphatic carbocycles. The van der Waals surface area contributed by atoms with E-state index in [1.54, 1.807) is 43.5 Å². The standard InChI is InChI=1S/C13H14N2O3S/c1-10-12(6-4-8-14-10)15-19(17,18)13-7-3-2-5-11(13)9-16/h2-8,15-16H,9H2,1H3. The van der Waals surface area contributed by atoms with Crippen LogP contribution in [0.1, 0.15) is 11.3 Å². The minimum atomic E-state index is -3.73. The van der Waals surface area contributed by atoms with Crippen molar-refractivity contribution in [3.8, 4) is 0 Å². The molecule has 0 bridgehead atoms. The Balaban J connectivity index is 2.41. The van der Waals surface area contributed by atoms with Gasteiger partial charge in [-0.15, -0.1) is 0 Å². The van der Waals surface area contributed by atoms with Crippen LogP contribution in [0.2, 0.25) is 0 Å². The van der Waals surface area contributed by atoms with Crippen LogP contribution in [0.4, 0.5) is 5.69 Å². The van der Waals surface area contributed by atoms with Crippen molar-refractivity contribution in [1.29, 1.82) is 0 Å². The van der Waals surface area contributed by atoms with Gasteiger partial charge >= 0.3 is 0 Å². The summed E-state index contributed by atoms with van der Waals surface area (Å²) in [6.07, 6.45) is 1.59. The smallest absolute Gasteiger partial charge is 0.262 e. The Morgan fingerprint density at radius 2 is 1.95 bits per heavy atom. The molecule has 1 aromatic carbocycles. The van der Waals surface area contributed by atoms with E-state index >= 15 is 0 Å². The van der Waals surface area contributed by atoms with Gasteiger partial charge in [0.2, 0.25) is 0 Å². The van der Waals surface area contributed by atoms with Crippen LogP contribution in [0.15, 0.2) is 47.5 Å². The predicted octanol–water partition coefficient (Wildman–Crippen LogP) is 1.68. The number of hydrogen-bond acceptors (Lipinski definition) is 4. The number of aliphatic hydroxyl groups is 1. The zero-order chi connectivity index (χ0) is 13.9. The third-order valence-corrected chi connectivity index (χ3v) is 4.15. The maximum absolute atomic E-state index is 12.3. The summed E-state index contributed by atoms with van der Waals surface area (Å²) in [6, 6.07) is 9.62. The van der Waals surface area contributed by atoms with E-state index in [1.807, 2.05) is 0 Å². The molecule has 0 amide bonds. The van der Waals surface area contributed by atoms with E-state index in [2.05, 4.69) is 9.71 Å². The van der Waals surface area contributed by atoms with Gasteiger partial charge in [-0.25, -0.2) is 8.42 Å². The third kappa shape index (κ3) is 2.91. The number of pyridine rings is 1. The second kappa shape index (κ2) is 5.38. The number of aliphatic hydroxyl groups excluding tert-OH is 1. The fourth-order valence-corrected chi connectivity index (χ4v) is 3.04. The van der Waals surface area contributed by atoms with Gasteiger partial charge in [-0.2, -0.15) is 0 Å². The SMILES string of the molecule is Cc1ncccc1NS(=O)(=O)c1ccccc1CO. The molecular formula is C13H14N2O3S. The predicted molar refractivity (Wildman–Crippen MR) is 72.1 cm³/mol. The van der Waals surface area contributed by atoms with Crippen LogP contribution >= 0.6 is 0 Å². The van der Waals surface area contributed by atoms with Crippen LogP contribution in [0.5, 0.6) is 0 Å². The van der Waals surface area contributed by atoms with Crippen LogP contribution in [0.25, 0.3) is 0 Å². The van der Waals surface area contributed by atoms with Gasteiger partial charge in [-0.3, -0.25) is 9.71 Å². The summed E-state index contributed by atoms with van der Waals surface area (Å²) >= 11 is 0.